The highest BCUT2D eigenvalue weighted by atomic mass is 16.2. The molecular weight excluding hydrogens is 302 g/mol. The molecule has 0 aliphatic rings. The topological polar surface area (TPSA) is 53.5 Å². The molecule has 0 radical (unpaired) electrons. The van der Waals surface area contributed by atoms with Crippen molar-refractivity contribution in [3.05, 3.63) is 66.0 Å². The van der Waals surface area contributed by atoms with Crippen LogP contribution in [0.15, 0.2) is 54.9 Å². The maximum Gasteiger partial charge on any atom is 0.242 e. The van der Waals surface area contributed by atoms with Crippen LogP contribution in [0.25, 0.3) is 0 Å². The molecule has 1 aromatic carbocycles. The van der Waals surface area contributed by atoms with Gasteiger partial charge in [0.15, 0.2) is 0 Å². The molecule has 0 atom stereocenters. The first kappa shape index (κ1) is 17.7. The number of nitrogens with zero attached hydrogens (tertiary/aromatic N) is 3. The third kappa shape index (κ3) is 5.19. The van der Waals surface area contributed by atoms with Gasteiger partial charge in [0.25, 0.3) is 0 Å². The number of rotatable bonds is 7. The van der Waals surface area contributed by atoms with Crippen LogP contribution in [0, 0.1) is 0 Å². The molecule has 0 N–H and O–H groups in total. The zero-order valence-corrected chi connectivity index (χ0v) is 14.2. The van der Waals surface area contributed by atoms with Gasteiger partial charge in [0, 0.05) is 39.0 Å². The van der Waals surface area contributed by atoms with Crippen LogP contribution in [0.1, 0.15) is 25.0 Å². The summed E-state index contributed by atoms with van der Waals surface area (Å²) in [5, 5.41) is 0. The van der Waals surface area contributed by atoms with Gasteiger partial charge >= 0.3 is 0 Å². The summed E-state index contributed by atoms with van der Waals surface area (Å²) in [6.45, 7) is 5.08. The normalized spacial score (nSPS) is 10.2. The fourth-order valence-electron chi connectivity index (χ4n) is 2.43. The van der Waals surface area contributed by atoms with Crippen molar-refractivity contribution >= 4 is 11.8 Å². The van der Waals surface area contributed by atoms with Gasteiger partial charge in [0.05, 0.1) is 0 Å². The van der Waals surface area contributed by atoms with E-state index in [0.717, 1.165) is 11.1 Å². The molecule has 126 valence electrons. The average Bonchev–Trinajstić information content (AvgIpc) is 2.60. The maximum absolute atomic E-state index is 12.6. The average molecular weight is 325 g/mol. The fourth-order valence-corrected chi connectivity index (χ4v) is 2.43. The van der Waals surface area contributed by atoms with Crippen LogP contribution >= 0.6 is 0 Å². The third-order valence-corrected chi connectivity index (χ3v) is 3.84. The van der Waals surface area contributed by atoms with Crippen LogP contribution in [-0.4, -0.2) is 39.7 Å². The van der Waals surface area contributed by atoms with Crippen molar-refractivity contribution in [2.45, 2.75) is 26.9 Å². The molecule has 1 aromatic heterocycles. The summed E-state index contributed by atoms with van der Waals surface area (Å²) >= 11 is 0. The Morgan fingerprint density at radius 1 is 0.917 bits per heavy atom. The second kappa shape index (κ2) is 8.82. The van der Waals surface area contributed by atoms with Crippen molar-refractivity contribution in [1.82, 2.24) is 14.8 Å². The molecule has 5 heteroatoms. The zero-order valence-electron chi connectivity index (χ0n) is 14.2. The van der Waals surface area contributed by atoms with Crippen LogP contribution in [-0.2, 0) is 22.7 Å². The van der Waals surface area contributed by atoms with Crippen LogP contribution in [0.4, 0.5) is 0 Å². The predicted molar refractivity (Wildman–Crippen MR) is 92.9 cm³/mol. The number of likely N-dealkylation sites (N-methyl/N-ethyl adjacent to an activating group) is 1. The van der Waals surface area contributed by atoms with Crippen molar-refractivity contribution < 1.29 is 9.59 Å². The van der Waals surface area contributed by atoms with E-state index in [9.17, 15) is 9.59 Å². The minimum atomic E-state index is -0.115. The second-order valence-electron chi connectivity index (χ2n) is 5.62. The largest absolute Gasteiger partial charge is 0.337 e. The first-order valence-corrected chi connectivity index (χ1v) is 8.06. The standard InChI is InChI=1S/C19H23N3O2/c1-3-21(13-17-7-5-4-6-8-17)19(24)15-22(16(2)23)14-18-9-11-20-12-10-18/h4-12H,3,13-15H2,1-2H3. The lowest BCUT2D eigenvalue weighted by Gasteiger charge is -2.26. The third-order valence-electron chi connectivity index (χ3n) is 3.84. The van der Waals surface area contributed by atoms with Gasteiger partial charge in [-0.1, -0.05) is 30.3 Å². The van der Waals surface area contributed by atoms with Gasteiger partial charge in [-0.15, -0.1) is 0 Å². The van der Waals surface area contributed by atoms with Gasteiger partial charge in [-0.3, -0.25) is 14.6 Å². The molecule has 0 bridgehead atoms. The van der Waals surface area contributed by atoms with E-state index in [1.807, 2.05) is 49.4 Å². The van der Waals surface area contributed by atoms with Gasteiger partial charge in [-0.2, -0.15) is 0 Å². The summed E-state index contributed by atoms with van der Waals surface area (Å²) < 4.78 is 0. The van der Waals surface area contributed by atoms with E-state index in [-0.39, 0.29) is 18.4 Å². The SMILES string of the molecule is CCN(Cc1ccccc1)C(=O)CN(Cc1ccncc1)C(C)=O. The fraction of sp³-hybridized carbons (Fsp3) is 0.316. The minimum absolute atomic E-state index is 0.0504. The molecule has 2 rings (SSSR count). The number of aromatic nitrogens is 1. The van der Waals surface area contributed by atoms with E-state index >= 15 is 0 Å². The van der Waals surface area contributed by atoms with Crippen molar-refractivity contribution in [3.63, 3.8) is 0 Å². The molecule has 24 heavy (non-hydrogen) atoms. The highest BCUT2D eigenvalue weighted by molar-refractivity contribution is 5.83. The van der Waals surface area contributed by atoms with Crippen LogP contribution in [0.2, 0.25) is 0 Å². The van der Waals surface area contributed by atoms with Gasteiger partial charge in [-0.05, 0) is 30.2 Å². The Morgan fingerprint density at radius 2 is 1.50 bits per heavy atom. The van der Waals surface area contributed by atoms with Gasteiger partial charge in [0.1, 0.15) is 6.54 Å². The van der Waals surface area contributed by atoms with Gasteiger partial charge in [-0.25, -0.2) is 0 Å². The monoisotopic (exact) mass is 325 g/mol. The van der Waals surface area contributed by atoms with Crippen LogP contribution in [0.5, 0.6) is 0 Å². The number of carbonyl (C=O) groups is 2. The Kier molecular flexibility index (Phi) is 6.49. The molecule has 0 fully saturated rings. The van der Waals surface area contributed by atoms with Gasteiger partial charge < -0.3 is 9.80 Å². The highest BCUT2D eigenvalue weighted by Gasteiger charge is 2.18. The number of pyridine rings is 1. The summed E-state index contributed by atoms with van der Waals surface area (Å²) in [6.07, 6.45) is 3.37. The van der Waals surface area contributed by atoms with E-state index in [1.165, 1.54) is 6.92 Å². The number of carbonyl (C=O) groups excluding carboxylic acids is 2. The van der Waals surface area contributed by atoms with Crippen LogP contribution in [0.3, 0.4) is 0 Å². The van der Waals surface area contributed by atoms with Crippen molar-refractivity contribution in [3.8, 4) is 0 Å². The van der Waals surface area contributed by atoms with E-state index in [4.69, 9.17) is 0 Å². The van der Waals surface area contributed by atoms with Crippen molar-refractivity contribution in [2.24, 2.45) is 0 Å². The highest BCUT2D eigenvalue weighted by Crippen LogP contribution is 2.08. The summed E-state index contributed by atoms with van der Waals surface area (Å²) in [4.78, 5) is 31.8. The van der Waals surface area contributed by atoms with Crippen LogP contribution < -0.4 is 0 Å². The molecule has 0 aliphatic heterocycles. The number of hydrogen-bond acceptors (Lipinski definition) is 3. The molecule has 0 saturated heterocycles. The second-order valence-corrected chi connectivity index (χ2v) is 5.62. The molecule has 2 aromatic rings. The number of amides is 2. The Hall–Kier alpha value is -2.69. The van der Waals surface area contributed by atoms with E-state index < -0.39 is 0 Å². The zero-order chi connectivity index (χ0) is 17.4. The van der Waals surface area contributed by atoms with Crippen molar-refractivity contribution in [1.29, 1.82) is 0 Å². The van der Waals surface area contributed by atoms with Gasteiger partial charge in [0.2, 0.25) is 11.8 Å². The number of benzene rings is 1. The molecule has 2 amide bonds. The Morgan fingerprint density at radius 3 is 2.08 bits per heavy atom. The summed E-state index contributed by atoms with van der Waals surface area (Å²) in [5.74, 6) is -0.165. The first-order chi connectivity index (χ1) is 11.6. The first-order valence-electron chi connectivity index (χ1n) is 8.06. The van der Waals surface area contributed by atoms with Crippen molar-refractivity contribution in [2.75, 3.05) is 13.1 Å². The molecule has 1 heterocycles. The Balaban J connectivity index is 2.01. The molecule has 0 aliphatic carbocycles. The molecule has 5 nitrogen and oxygen atoms in total. The maximum atomic E-state index is 12.6. The van der Waals surface area contributed by atoms with E-state index in [0.29, 0.717) is 19.6 Å². The summed E-state index contributed by atoms with van der Waals surface area (Å²) in [5.41, 5.74) is 2.04. The van der Waals surface area contributed by atoms with E-state index in [1.54, 1.807) is 22.2 Å². The quantitative estimate of drug-likeness (QED) is 0.786. The number of hydrogen-bond donors (Lipinski definition) is 0. The Labute approximate surface area is 142 Å². The molecule has 0 unspecified atom stereocenters. The van der Waals surface area contributed by atoms with E-state index in [2.05, 4.69) is 4.98 Å². The lowest BCUT2D eigenvalue weighted by atomic mass is 10.2. The molecule has 0 saturated carbocycles. The summed E-state index contributed by atoms with van der Waals surface area (Å²) in [6, 6.07) is 13.6. The lowest BCUT2D eigenvalue weighted by Crippen LogP contribution is -2.41. The Bertz CT molecular complexity index is 659. The predicted octanol–water partition coefficient (Wildman–Crippen LogP) is 2.48. The minimum Gasteiger partial charge on any atom is -0.337 e. The summed E-state index contributed by atoms with van der Waals surface area (Å²) in [7, 11) is 0. The smallest absolute Gasteiger partial charge is 0.242 e. The lowest BCUT2D eigenvalue weighted by molar-refractivity contribution is -0.140. The molecule has 0 spiro atoms. The molecular formula is C19H23N3O2.